The number of aromatic carboxylic acids is 1. The zero-order valence-electron chi connectivity index (χ0n) is 11.4. The fourth-order valence-electron chi connectivity index (χ4n) is 1.76. The van der Waals surface area contributed by atoms with Gasteiger partial charge < -0.3 is 15.2 Å². The van der Waals surface area contributed by atoms with Gasteiger partial charge in [0.2, 0.25) is 5.91 Å². The molecule has 0 aliphatic rings. The maximum absolute atomic E-state index is 11.9. The van der Waals surface area contributed by atoms with Gasteiger partial charge in [-0.15, -0.1) is 0 Å². The number of benzene rings is 1. The fraction of sp³-hybridized carbons (Fsp3) is 0.429. The van der Waals surface area contributed by atoms with Crippen molar-refractivity contribution in [1.82, 2.24) is 0 Å². The molecule has 1 aromatic rings. The molecular formula is C14H19NO4. The molecule has 0 fully saturated rings. The third-order valence-electron chi connectivity index (χ3n) is 2.88. The van der Waals surface area contributed by atoms with Crippen molar-refractivity contribution in [2.45, 2.75) is 26.7 Å². The van der Waals surface area contributed by atoms with Crippen molar-refractivity contribution in [3.8, 4) is 5.75 Å². The van der Waals surface area contributed by atoms with E-state index in [0.717, 1.165) is 12.8 Å². The number of rotatable bonds is 6. The Morgan fingerprint density at radius 2 is 2.11 bits per heavy atom. The second-order valence-corrected chi connectivity index (χ2v) is 4.40. The van der Waals surface area contributed by atoms with Crippen molar-refractivity contribution in [2.75, 3.05) is 12.4 Å². The SMILES string of the molecule is CCCC(C)C(=O)Nc1ccc(OC)cc1C(=O)O. The minimum absolute atomic E-state index is 0.0244. The summed E-state index contributed by atoms with van der Waals surface area (Å²) in [7, 11) is 1.46. The highest BCUT2D eigenvalue weighted by molar-refractivity contribution is 6.01. The van der Waals surface area contributed by atoms with E-state index >= 15 is 0 Å². The third kappa shape index (κ3) is 3.98. The van der Waals surface area contributed by atoms with Gasteiger partial charge in [0.25, 0.3) is 0 Å². The Labute approximate surface area is 112 Å². The molecule has 0 aliphatic heterocycles. The molecule has 5 heteroatoms. The lowest BCUT2D eigenvalue weighted by molar-refractivity contribution is -0.119. The fourth-order valence-corrected chi connectivity index (χ4v) is 1.76. The zero-order chi connectivity index (χ0) is 14.4. The minimum atomic E-state index is -1.10. The molecule has 0 saturated heterocycles. The molecular weight excluding hydrogens is 246 g/mol. The van der Waals surface area contributed by atoms with E-state index in [1.54, 1.807) is 12.1 Å². The number of carboxylic acid groups (broad SMARTS) is 1. The van der Waals surface area contributed by atoms with Crippen molar-refractivity contribution >= 4 is 17.6 Å². The first-order chi connectivity index (χ1) is 8.99. The average molecular weight is 265 g/mol. The van der Waals surface area contributed by atoms with Crippen LogP contribution in [0.15, 0.2) is 18.2 Å². The van der Waals surface area contributed by atoms with E-state index < -0.39 is 5.97 Å². The Balaban J connectivity index is 2.94. The average Bonchev–Trinajstić information content (AvgIpc) is 2.39. The molecule has 0 saturated carbocycles. The van der Waals surface area contributed by atoms with Crippen LogP contribution in [0.4, 0.5) is 5.69 Å². The number of carboxylic acids is 1. The van der Waals surface area contributed by atoms with Crippen LogP contribution in [0.1, 0.15) is 37.0 Å². The summed E-state index contributed by atoms with van der Waals surface area (Å²) in [6, 6.07) is 4.55. The monoisotopic (exact) mass is 265 g/mol. The van der Waals surface area contributed by atoms with E-state index in [4.69, 9.17) is 9.84 Å². The van der Waals surface area contributed by atoms with Crippen molar-refractivity contribution in [3.63, 3.8) is 0 Å². The first-order valence-corrected chi connectivity index (χ1v) is 6.21. The number of anilines is 1. The highest BCUT2D eigenvalue weighted by Gasteiger charge is 2.17. The second kappa shape index (κ2) is 6.78. The summed E-state index contributed by atoms with van der Waals surface area (Å²) in [5.74, 6) is -0.974. The first-order valence-electron chi connectivity index (χ1n) is 6.21. The lowest BCUT2D eigenvalue weighted by Crippen LogP contribution is -2.21. The summed E-state index contributed by atoms with van der Waals surface area (Å²) < 4.78 is 4.97. The minimum Gasteiger partial charge on any atom is -0.497 e. The van der Waals surface area contributed by atoms with Crippen LogP contribution in [0, 0.1) is 5.92 Å². The number of hydrogen-bond donors (Lipinski definition) is 2. The Morgan fingerprint density at radius 3 is 2.63 bits per heavy atom. The highest BCUT2D eigenvalue weighted by atomic mass is 16.5. The maximum Gasteiger partial charge on any atom is 0.337 e. The Kier molecular flexibility index (Phi) is 5.36. The standard InChI is InChI=1S/C14H19NO4/c1-4-5-9(2)13(16)15-12-7-6-10(19-3)8-11(12)14(17)18/h6-9H,4-5H2,1-3H3,(H,15,16)(H,17,18). The van der Waals surface area contributed by atoms with Gasteiger partial charge >= 0.3 is 5.97 Å². The van der Waals surface area contributed by atoms with Crippen molar-refractivity contribution in [2.24, 2.45) is 5.92 Å². The Bertz CT molecular complexity index is 471. The molecule has 1 unspecified atom stereocenters. The summed E-state index contributed by atoms with van der Waals surface area (Å²) in [6.45, 7) is 3.82. The molecule has 0 bridgehead atoms. The van der Waals surface area contributed by atoms with E-state index in [9.17, 15) is 9.59 Å². The van der Waals surface area contributed by atoms with E-state index in [2.05, 4.69) is 5.32 Å². The first kappa shape index (κ1) is 15.0. The summed E-state index contributed by atoms with van der Waals surface area (Å²) in [5.41, 5.74) is 0.317. The number of amides is 1. The Hall–Kier alpha value is -2.04. The molecule has 1 amide bonds. The van der Waals surface area contributed by atoms with E-state index in [0.29, 0.717) is 11.4 Å². The van der Waals surface area contributed by atoms with E-state index in [1.807, 2.05) is 13.8 Å². The molecule has 0 aliphatic carbocycles. The van der Waals surface area contributed by atoms with E-state index in [1.165, 1.54) is 13.2 Å². The van der Waals surface area contributed by atoms with Gasteiger partial charge in [-0.1, -0.05) is 20.3 Å². The molecule has 0 spiro atoms. The molecule has 1 aromatic carbocycles. The van der Waals surface area contributed by atoms with Crippen LogP contribution in [0.25, 0.3) is 0 Å². The number of ether oxygens (including phenoxy) is 1. The van der Waals surface area contributed by atoms with Crippen molar-refractivity contribution in [3.05, 3.63) is 23.8 Å². The van der Waals surface area contributed by atoms with Gasteiger partial charge in [0.15, 0.2) is 0 Å². The number of carbonyl (C=O) groups is 2. The summed E-state index contributed by atoms with van der Waals surface area (Å²) in [4.78, 5) is 23.1. The lowest BCUT2D eigenvalue weighted by Gasteiger charge is -2.13. The van der Waals surface area contributed by atoms with Crippen LogP contribution in [0.2, 0.25) is 0 Å². The maximum atomic E-state index is 11.9. The van der Waals surface area contributed by atoms with Gasteiger partial charge in [-0.05, 0) is 24.6 Å². The molecule has 0 heterocycles. The van der Waals surface area contributed by atoms with Crippen LogP contribution in [0.5, 0.6) is 5.75 Å². The molecule has 0 radical (unpaired) electrons. The molecule has 2 N–H and O–H groups in total. The summed E-state index contributed by atoms with van der Waals surface area (Å²) in [6.07, 6.45) is 1.67. The normalized spacial score (nSPS) is 11.7. The number of hydrogen-bond acceptors (Lipinski definition) is 3. The van der Waals surface area contributed by atoms with Crippen LogP contribution in [-0.4, -0.2) is 24.1 Å². The second-order valence-electron chi connectivity index (χ2n) is 4.40. The van der Waals surface area contributed by atoms with Crippen LogP contribution >= 0.6 is 0 Å². The predicted molar refractivity (Wildman–Crippen MR) is 72.7 cm³/mol. The number of carbonyl (C=O) groups excluding carboxylic acids is 1. The zero-order valence-corrected chi connectivity index (χ0v) is 11.4. The van der Waals surface area contributed by atoms with Crippen LogP contribution in [0.3, 0.4) is 0 Å². The van der Waals surface area contributed by atoms with Crippen LogP contribution in [-0.2, 0) is 4.79 Å². The molecule has 5 nitrogen and oxygen atoms in total. The van der Waals surface area contributed by atoms with Crippen LogP contribution < -0.4 is 10.1 Å². The van der Waals surface area contributed by atoms with Gasteiger partial charge in [0.1, 0.15) is 5.75 Å². The smallest absolute Gasteiger partial charge is 0.337 e. The largest absolute Gasteiger partial charge is 0.497 e. The van der Waals surface area contributed by atoms with Gasteiger partial charge in [0.05, 0.1) is 18.4 Å². The summed E-state index contributed by atoms with van der Waals surface area (Å²) >= 11 is 0. The molecule has 1 atom stereocenters. The lowest BCUT2D eigenvalue weighted by atomic mass is 10.0. The number of nitrogens with one attached hydrogen (secondary N) is 1. The van der Waals surface area contributed by atoms with Gasteiger partial charge in [-0.25, -0.2) is 4.79 Å². The van der Waals surface area contributed by atoms with Crippen molar-refractivity contribution in [1.29, 1.82) is 0 Å². The summed E-state index contributed by atoms with van der Waals surface area (Å²) in [5, 5.41) is 11.8. The topological polar surface area (TPSA) is 75.6 Å². The molecule has 0 aromatic heterocycles. The predicted octanol–water partition coefficient (Wildman–Crippen LogP) is 2.77. The number of methoxy groups -OCH3 is 1. The highest BCUT2D eigenvalue weighted by Crippen LogP contribution is 2.23. The van der Waals surface area contributed by atoms with Gasteiger partial charge in [-0.2, -0.15) is 0 Å². The van der Waals surface area contributed by atoms with Gasteiger partial charge in [-0.3, -0.25) is 4.79 Å². The quantitative estimate of drug-likeness (QED) is 0.829. The molecule has 19 heavy (non-hydrogen) atoms. The van der Waals surface area contributed by atoms with E-state index in [-0.39, 0.29) is 17.4 Å². The molecule has 104 valence electrons. The van der Waals surface area contributed by atoms with Crippen molar-refractivity contribution < 1.29 is 19.4 Å². The third-order valence-corrected chi connectivity index (χ3v) is 2.88. The Morgan fingerprint density at radius 1 is 1.42 bits per heavy atom. The molecule has 1 rings (SSSR count). The van der Waals surface area contributed by atoms with Gasteiger partial charge in [0, 0.05) is 5.92 Å².